The molecule has 0 aliphatic heterocycles. The summed E-state index contributed by atoms with van der Waals surface area (Å²) in [6, 6.07) is 7.97. The first-order valence-corrected chi connectivity index (χ1v) is 6.07. The predicted octanol–water partition coefficient (Wildman–Crippen LogP) is 2.27. The van der Waals surface area contributed by atoms with E-state index >= 15 is 0 Å². The molecule has 5 nitrogen and oxygen atoms in total. The molecule has 1 N–H and O–H groups in total. The Kier molecular flexibility index (Phi) is 4.18. The van der Waals surface area contributed by atoms with Crippen LogP contribution in [0.25, 0.3) is 0 Å². The van der Waals surface area contributed by atoms with Crippen LogP contribution in [0.2, 0.25) is 0 Å². The van der Waals surface area contributed by atoms with Gasteiger partial charge < -0.3 is 14.6 Å². The first-order chi connectivity index (χ1) is 9.15. The molecule has 1 aromatic carbocycles. The van der Waals surface area contributed by atoms with Gasteiger partial charge in [-0.05, 0) is 17.7 Å². The molecule has 5 heteroatoms. The van der Waals surface area contributed by atoms with E-state index in [1.165, 1.54) is 6.39 Å². The molecule has 0 saturated carbocycles. The van der Waals surface area contributed by atoms with Crippen molar-refractivity contribution in [3.8, 4) is 0 Å². The predicted molar refractivity (Wildman–Crippen MR) is 72.4 cm³/mol. The minimum atomic E-state index is 0.0556. The van der Waals surface area contributed by atoms with Crippen molar-refractivity contribution in [1.29, 1.82) is 0 Å². The molecule has 19 heavy (non-hydrogen) atoms. The Balaban J connectivity index is 1.96. The lowest BCUT2D eigenvalue weighted by atomic mass is 10.2. The van der Waals surface area contributed by atoms with Crippen molar-refractivity contribution in [1.82, 2.24) is 9.88 Å². The summed E-state index contributed by atoms with van der Waals surface area (Å²) >= 11 is 0. The number of benzene rings is 1. The third-order valence-electron chi connectivity index (χ3n) is 2.83. The van der Waals surface area contributed by atoms with Crippen LogP contribution in [-0.4, -0.2) is 22.8 Å². The maximum Gasteiger partial charge on any atom is 0.219 e. The maximum atomic E-state index is 11.2. The van der Waals surface area contributed by atoms with Crippen LogP contribution in [0, 0.1) is 0 Å². The van der Waals surface area contributed by atoms with E-state index in [9.17, 15) is 4.79 Å². The van der Waals surface area contributed by atoms with Crippen LogP contribution >= 0.6 is 0 Å². The van der Waals surface area contributed by atoms with Crippen LogP contribution in [0.3, 0.4) is 0 Å². The lowest BCUT2D eigenvalue weighted by Gasteiger charge is -2.15. The van der Waals surface area contributed by atoms with Crippen LogP contribution < -0.4 is 5.32 Å². The average Bonchev–Trinajstić information content (AvgIpc) is 2.90. The number of rotatable bonds is 5. The quantitative estimate of drug-likeness (QED) is 0.894. The Morgan fingerprint density at radius 2 is 2.32 bits per heavy atom. The molecule has 2 aromatic rings. The van der Waals surface area contributed by atoms with Crippen molar-refractivity contribution >= 4 is 11.6 Å². The third-order valence-corrected chi connectivity index (χ3v) is 2.83. The molecule has 1 amide bonds. The van der Waals surface area contributed by atoms with Gasteiger partial charge in [0.05, 0.1) is 12.7 Å². The highest BCUT2D eigenvalue weighted by molar-refractivity contribution is 5.72. The van der Waals surface area contributed by atoms with Crippen LogP contribution in [0.4, 0.5) is 5.69 Å². The molecule has 0 bridgehead atoms. The van der Waals surface area contributed by atoms with Gasteiger partial charge in [-0.3, -0.25) is 4.79 Å². The maximum absolute atomic E-state index is 11.2. The number of amides is 1. The normalized spacial score (nSPS) is 10.2. The number of aromatic nitrogens is 1. The Labute approximate surface area is 112 Å². The van der Waals surface area contributed by atoms with Gasteiger partial charge >= 0.3 is 0 Å². The lowest BCUT2D eigenvalue weighted by Crippen LogP contribution is -2.22. The van der Waals surface area contributed by atoms with Crippen molar-refractivity contribution in [2.75, 3.05) is 12.4 Å². The Bertz CT molecular complexity index is 537. The average molecular weight is 259 g/mol. The summed E-state index contributed by atoms with van der Waals surface area (Å²) in [6.45, 7) is 2.76. The van der Waals surface area contributed by atoms with Crippen LogP contribution in [0.5, 0.6) is 0 Å². The molecular formula is C14H17N3O2. The van der Waals surface area contributed by atoms with Crippen molar-refractivity contribution in [2.24, 2.45) is 0 Å². The number of oxazole rings is 1. The molecule has 0 saturated heterocycles. The van der Waals surface area contributed by atoms with Crippen molar-refractivity contribution < 1.29 is 9.21 Å². The molecule has 0 fully saturated rings. The topological polar surface area (TPSA) is 58.4 Å². The largest absolute Gasteiger partial charge is 0.447 e. The highest BCUT2D eigenvalue weighted by Gasteiger charge is 2.04. The number of nitrogens with zero attached hydrogens (tertiary/aromatic N) is 2. The zero-order chi connectivity index (χ0) is 13.7. The SMILES string of the molecule is CC(=O)N(C)Cc1cccc(NCc2cnco2)c1. The van der Waals surface area contributed by atoms with Gasteiger partial charge in [0.1, 0.15) is 5.76 Å². The molecule has 0 radical (unpaired) electrons. The summed E-state index contributed by atoms with van der Waals surface area (Å²) in [5.74, 6) is 0.839. The fourth-order valence-corrected chi connectivity index (χ4v) is 1.68. The number of carbonyl (C=O) groups is 1. The van der Waals surface area contributed by atoms with E-state index in [1.54, 1.807) is 25.1 Å². The highest BCUT2D eigenvalue weighted by Crippen LogP contribution is 2.13. The number of anilines is 1. The third kappa shape index (κ3) is 3.84. The fourth-order valence-electron chi connectivity index (χ4n) is 1.68. The first kappa shape index (κ1) is 13.1. The Hall–Kier alpha value is -2.30. The van der Waals surface area contributed by atoms with Gasteiger partial charge in [0.25, 0.3) is 0 Å². The van der Waals surface area contributed by atoms with Gasteiger partial charge in [-0.2, -0.15) is 0 Å². The smallest absolute Gasteiger partial charge is 0.219 e. The van der Waals surface area contributed by atoms with E-state index in [2.05, 4.69) is 10.3 Å². The van der Waals surface area contributed by atoms with Crippen molar-refractivity contribution in [3.63, 3.8) is 0 Å². The monoisotopic (exact) mass is 259 g/mol. The molecule has 1 aromatic heterocycles. The van der Waals surface area contributed by atoms with Gasteiger partial charge in [-0.25, -0.2) is 4.98 Å². The minimum Gasteiger partial charge on any atom is -0.447 e. The van der Waals surface area contributed by atoms with Gasteiger partial charge in [0, 0.05) is 26.2 Å². The number of hydrogen-bond acceptors (Lipinski definition) is 4. The molecule has 0 aliphatic carbocycles. The van der Waals surface area contributed by atoms with E-state index in [0.29, 0.717) is 13.1 Å². The zero-order valence-electron chi connectivity index (χ0n) is 11.1. The van der Waals surface area contributed by atoms with Gasteiger partial charge in [-0.1, -0.05) is 12.1 Å². The van der Waals surface area contributed by atoms with Crippen LogP contribution in [-0.2, 0) is 17.9 Å². The Morgan fingerprint density at radius 3 is 3.00 bits per heavy atom. The second-order valence-corrected chi connectivity index (χ2v) is 4.40. The van der Waals surface area contributed by atoms with Crippen molar-refractivity contribution in [2.45, 2.75) is 20.0 Å². The second-order valence-electron chi connectivity index (χ2n) is 4.40. The summed E-state index contributed by atoms with van der Waals surface area (Å²) in [7, 11) is 1.79. The van der Waals surface area contributed by atoms with Gasteiger partial charge in [0.15, 0.2) is 6.39 Å². The van der Waals surface area contributed by atoms with Gasteiger partial charge in [-0.15, -0.1) is 0 Å². The van der Waals surface area contributed by atoms with E-state index in [1.807, 2.05) is 24.3 Å². The summed E-state index contributed by atoms with van der Waals surface area (Å²) in [4.78, 5) is 16.7. The Morgan fingerprint density at radius 1 is 1.47 bits per heavy atom. The van der Waals surface area contributed by atoms with Crippen LogP contribution in [0.15, 0.2) is 41.3 Å². The summed E-state index contributed by atoms with van der Waals surface area (Å²) in [6.07, 6.45) is 3.09. The van der Waals surface area contributed by atoms with Crippen LogP contribution in [0.1, 0.15) is 18.2 Å². The minimum absolute atomic E-state index is 0.0556. The molecule has 0 aliphatic rings. The molecule has 2 rings (SSSR count). The molecule has 0 unspecified atom stereocenters. The summed E-state index contributed by atoms with van der Waals surface area (Å²) in [5.41, 5.74) is 2.08. The second kappa shape index (κ2) is 6.04. The standard InChI is InChI=1S/C14H17N3O2/c1-11(18)17(2)9-12-4-3-5-13(6-12)16-8-14-7-15-10-19-14/h3-7,10,16H,8-9H2,1-2H3. The first-order valence-electron chi connectivity index (χ1n) is 6.07. The molecule has 0 spiro atoms. The number of nitrogens with one attached hydrogen (secondary N) is 1. The number of hydrogen-bond donors (Lipinski definition) is 1. The van der Waals surface area contributed by atoms with E-state index in [4.69, 9.17) is 4.42 Å². The van der Waals surface area contributed by atoms with Crippen molar-refractivity contribution in [3.05, 3.63) is 48.2 Å². The van der Waals surface area contributed by atoms with Gasteiger partial charge in [0.2, 0.25) is 5.91 Å². The fraction of sp³-hybridized carbons (Fsp3) is 0.286. The molecule has 0 atom stereocenters. The number of carbonyl (C=O) groups excluding carboxylic acids is 1. The van der Waals surface area contributed by atoms with E-state index in [0.717, 1.165) is 17.0 Å². The van der Waals surface area contributed by atoms with E-state index in [-0.39, 0.29) is 5.91 Å². The van der Waals surface area contributed by atoms with E-state index < -0.39 is 0 Å². The molecular weight excluding hydrogens is 242 g/mol. The highest BCUT2D eigenvalue weighted by atomic mass is 16.3. The molecule has 100 valence electrons. The summed E-state index contributed by atoms with van der Waals surface area (Å²) < 4.78 is 5.15. The summed E-state index contributed by atoms with van der Waals surface area (Å²) in [5, 5.41) is 3.25. The molecule has 1 heterocycles. The zero-order valence-corrected chi connectivity index (χ0v) is 11.1. The lowest BCUT2D eigenvalue weighted by molar-refractivity contribution is -0.128.